The van der Waals surface area contributed by atoms with Crippen molar-refractivity contribution in [2.45, 2.75) is 0 Å². The van der Waals surface area contributed by atoms with Gasteiger partial charge in [0.25, 0.3) is 0 Å². The molecule has 13 rings (SSSR count). The molecule has 0 unspecified atom stereocenters. The van der Waals surface area contributed by atoms with Gasteiger partial charge in [0.05, 0.1) is 16.6 Å². The van der Waals surface area contributed by atoms with E-state index in [9.17, 15) is 0 Å². The van der Waals surface area contributed by atoms with Gasteiger partial charge >= 0.3 is 0 Å². The minimum Gasteiger partial charge on any atom is -0.455 e. The minimum absolute atomic E-state index is 0.541. The van der Waals surface area contributed by atoms with Crippen LogP contribution in [0.5, 0.6) is 0 Å². The van der Waals surface area contributed by atoms with Crippen LogP contribution in [0.2, 0.25) is 0 Å². The second-order valence-electron chi connectivity index (χ2n) is 17.2. The summed E-state index contributed by atoms with van der Waals surface area (Å²) in [4.78, 5) is 15.6. The molecule has 10 aromatic carbocycles. The molecular weight excluding hydrogens is 829 g/mol. The molecule has 0 saturated carbocycles. The SMILES string of the molecule is c1ccc(-c2cccc(-c3ccc(-n4c5ccccc5c5cc6c(cc54)oc4c(-c5nc(-c7cccc(-c8ccccc8)c7)nc(-c7cccc(-c8ccccc8)c7)n5)cccc46)cc3)c2)cc1. The molecule has 5 heteroatoms. The van der Waals surface area contributed by atoms with Crippen LogP contribution in [0.1, 0.15) is 0 Å². The number of para-hydroxylation sites is 2. The van der Waals surface area contributed by atoms with Crippen LogP contribution in [0.15, 0.2) is 247 Å². The summed E-state index contributed by atoms with van der Waals surface area (Å²) in [6.07, 6.45) is 0. The summed E-state index contributed by atoms with van der Waals surface area (Å²) in [6.45, 7) is 0. The zero-order valence-electron chi connectivity index (χ0n) is 36.8. The largest absolute Gasteiger partial charge is 0.455 e. The highest BCUT2D eigenvalue weighted by Gasteiger charge is 2.21. The number of furan rings is 1. The van der Waals surface area contributed by atoms with E-state index in [4.69, 9.17) is 19.4 Å². The average molecular weight is 869 g/mol. The van der Waals surface area contributed by atoms with Gasteiger partial charge in [-0.2, -0.15) is 0 Å². The van der Waals surface area contributed by atoms with Crippen molar-refractivity contribution >= 4 is 43.7 Å². The second kappa shape index (κ2) is 16.4. The van der Waals surface area contributed by atoms with Gasteiger partial charge in [-0.05, 0) is 93.0 Å². The standard InChI is InChI=1S/C63H40N4O/c1-4-16-41(17-5-1)45-22-12-23-46(36-45)44-32-34-51(35-33-44)67-57-31-11-10-28-52(57)55-39-56-53-29-15-30-54(60(53)68-59(56)40-58(55)67)63-65-61(49-26-13-24-47(37-49)42-18-6-2-7-19-42)64-62(66-63)50-27-14-25-48(38-50)43-20-8-3-9-21-43/h1-40H. The van der Waals surface area contributed by atoms with Crippen molar-refractivity contribution < 1.29 is 4.42 Å². The third kappa shape index (κ3) is 6.93. The van der Waals surface area contributed by atoms with Crippen LogP contribution in [0.3, 0.4) is 0 Å². The Morgan fingerprint density at radius 1 is 0.279 bits per heavy atom. The van der Waals surface area contributed by atoms with E-state index in [1.807, 2.05) is 12.1 Å². The van der Waals surface area contributed by atoms with Crippen LogP contribution in [-0.4, -0.2) is 19.5 Å². The van der Waals surface area contributed by atoms with Gasteiger partial charge in [-0.1, -0.05) is 188 Å². The Balaban J connectivity index is 0.951. The maximum absolute atomic E-state index is 6.99. The second-order valence-corrected chi connectivity index (χ2v) is 17.2. The van der Waals surface area contributed by atoms with Gasteiger partial charge in [-0.25, -0.2) is 15.0 Å². The predicted octanol–water partition coefficient (Wildman–Crippen LogP) is 16.5. The molecule has 68 heavy (non-hydrogen) atoms. The summed E-state index contributed by atoms with van der Waals surface area (Å²) in [5.41, 5.74) is 16.6. The lowest BCUT2D eigenvalue weighted by Gasteiger charge is -2.11. The summed E-state index contributed by atoms with van der Waals surface area (Å²) in [6, 6.07) is 85.2. The summed E-state index contributed by atoms with van der Waals surface area (Å²) in [7, 11) is 0. The average Bonchev–Trinajstić information content (AvgIpc) is 3.95. The molecule has 0 fully saturated rings. The van der Waals surface area contributed by atoms with Crippen LogP contribution in [0.25, 0.3) is 128 Å². The molecular formula is C63H40N4O. The zero-order chi connectivity index (χ0) is 45.0. The van der Waals surface area contributed by atoms with Gasteiger partial charge in [0.2, 0.25) is 0 Å². The van der Waals surface area contributed by atoms with Crippen molar-refractivity contribution in [3.63, 3.8) is 0 Å². The van der Waals surface area contributed by atoms with E-state index >= 15 is 0 Å². The van der Waals surface area contributed by atoms with Crippen molar-refractivity contribution in [1.29, 1.82) is 0 Å². The van der Waals surface area contributed by atoms with Gasteiger partial charge in [0, 0.05) is 44.4 Å². The number of fused-ring (bicyclic) bond motifs is 6. The monoisotopic (exact) mass is 868 g/mol. The maximum atomic E-state index is 6.99. The molecule has 0 saturated heterocycles. The molecule has 0 aliphatic carbocycles. The minimum atomic E-state index is 0.541. The molecule has 0 atom stereocenters. The lowest BCUT2D eigenvalue weighted by molar-refractivity contribution is 0.670. The Kier molecular flexibility index (Phi) is 9.43. The lowest BCUT2D eigenvalue weighted by atomic mass is 9.99. The lowest BCUT2D eigenvalue weighted by Crippen LogP contribution is -2.00. The Morgan fingerprint density at radius 2 is 0.721 bits per heavy atom. The smallest absolute Gasteiger partial charge is 0.167 e. The van der Waals surface area contributed by atoms with Crippen molar-refractivity contribution in [1.82, 2.24) is 19.5 Å². The van der Waals surface area contributed by atoms with E-state index in [-0.39, 0.29) is 0 Å². The van der Waals surface area contributed by atoms with E-state index < -0.39 is 0 Å². The highest BCUT2D eigenvalue weighted by atomic mass is 16.3. The van der Waals surface area contributed by atoms with Crippen molar-refractivity contribution in [2.75, 3.05) is 0 Å². The number of nitrogens with zero attached hydrogens (tertiary/aromatic N) is 4. The molecule has 0 bridgehead atoms. The van der Waals surface area contributed by atoms with Crippen LogP contribution in [0, 0.1) is 0 Å². The highest BCUT2D eigenvalue weighted by Crippen LogP contribution is 2.41. The van der Waals surface area contributed by atoms with Crippen LogP contribution < -0.4 is 0 Å². The first kappa shape index (κ1) is 39.2. The van der Waals surface area contributed by atoms with Crippen molar-refractivity contribution in [2.24, 2.45) is 0 Å². The van der Waals surface area contributed by atoms with Gasteiger partial charge in [-0.15, -0.1) is 0 Å². The summed E-state index contributed by atoms with van der Waals surface area (Å²) < 4.78 is 9.34. The normalized spacial score (nSPS) is 11.5. The molecule has 0 aliphatic rings. The van der Waals surface area contributed by atoms with Gasteiger partial charge in [0.1, 0.15) is 11.2 Å². The van der Waals surface area contributed by atoms with E-state index in [0.717, 1.165) is 88.6 Å². The third-order valence-corrected chi connectivity index (χ3v) is 13.1. The zero-order valence-corrected chi connectivity index (χ0v) is 36.8. The molecule has 318 valence electrons. The fourth-order valence-corrected chi connectivity index (χ4v) is 9.72. The summed E-state index contributed by atoms with van der Waals surface area (Å²) in [5, 5.41) is 4.37. The Hall–Kier alpha value is -9.19. The summed E-state index contributed by atoms with van der Waals surface area (Å²) >= 11 is 0. The summed E-state index contributed by atoms with van der Waals surface area (Å²) in [5.74, 6) is 1.71. The fraction of sp³-hybridized carbons (Fsp3) is 0. The Labute approximate surface area is 392 Å². The number of hydrogen-bond acceptors (Lipinski definition) is 4. The number of rotatable bonds is 8. The van der Waals surface area contributed by atoms with E-state index in [1.54, 1.807) is 0 Å². The quantitative estimate of drug-likeness (QED) is 0.153. The maximum Gasteiger partial charge on any atom is 0.167 e. The number of aromatic nitrogens is 4. The molecule has 3 aromatic heterocycles. The molecule has 0 radical (unpaired) electrons. The molecule has 0 N–H and O–H groups in total. The molecule has 3 heterocycles. The molecule has 0 aliphatic heterocycles. The van der Waals surface area contributed by atoms with Crippen LogP contribution in [-0.2, 0) is 0 Å². The van der Waals surface area contributed by atoms with Crippen molar-refractivity contribution in [3.8, 4) is 84.4 Å². The first-order valence-electron chi connectivity index (χ1n) is 22.9. The van der Waals surface area contributed by atoms with E-state index in [1.165, 1.54) is 22.1 Å². The Bertz CT molecular complexity index is 3900. The molecule has 0 spiro atoms. The first-order valence-corrected chi connectivity index (χ1v) is 22.9. The molecule has 13 aromatic rings. The topological polar surface area (TPSA) is 56.7 Å². The van der Waals surface area contributed by atoms with Gasteiger partial charge in [0.15, 0.2) is 17.5 Å². The van der Waals surface area contributed by atoms with E-state index in [2.05, 4.69) is 235 Å². The van der Waals surface area contributed by atoms with Crippen LogP contribution in [0.4, 0.5) is 0 Å². The van der Waals surface area contributed by atoms with Gasteiger partial charge < -0.3 is 8.98 Å². The highest BCUT2D eigenvalue weighted by molar-refractivity contribution is 6.18. The first-order chi connectivity index (χ1) is 33.7. The number of hydrogen-bond donors (Lipinski definition) is 0. The predicted molar refractivity (Wildman–Crippen MR) is 279 cm³/mol. The van der Waals surface area contributed by atoms with Crippen LogP contribution >= 0.6 is 0 Å². The third-order valence-electron chi connectivity index (χ3n) is 13.1. The molecule has 5 nitrogen and oxygen atoms in total. The van der Waals surface area contributed by atoms with Gasteiger partial charge in [-0.3, -0.25) is 0 Å². The van der Waals surface area contributed by atoms with Crippen molar-refractivity contribution in [3.05, 3.63) is 243 Å². The van der Waals surface area contributed by atoms with E-state index in [0.29, 0.717) is 17.5 Å². The Morgan fingerprint density at radius 3 is 1.29 bits per heavy atom. The molecule has 0 amide bonds. The fourth-order valence-electron chi connectivity index (χ4n) is 9.72. The number of benzene rings is 10.